The second-order valence-corrected chi connectivity index (χ2v) is 21.3. The fourth-order valence-electron chi connectivity index (χ4n) is 7.35. The number of anilines is 1. The number of nitrogens with one attached hydrogen (secondary N) is 1. The summed E-state index contributed by atoms with van der Waals surface area (Å²) in [6.45, 7) is 12.4. The highest BCUT2D eigenvalue weighted by Gasteiger charge is 2.50. The first kappa shape index (κ1) is 38.0. The maximum absolute atomic E-state index is 14.6. The molecule has 5 rings (SSSR count). The summed E-state index contributed by atoms with van der Waals surface area (Å²) in [6.07, 6.45) is 2.85. The number of pyridine rings is 1. The molecule has 3 aromatic carbocycles. The lowest BCUT2D eigenvalue weighted by Crippen LogP contribution is -2.51. The molecule has 51 heavy (non-hydrogen) atoms. The van der Waals surface area contributed by atoms with Gasteiger partial charge in [-0.3, -0.25) is 24.2 Å². The van der Waals surface area contributed by atoms with Crippen LogP contribution in [0.4, 0.5) is 10.1 Å². The van der Waals surface area contributed by atoms with Crippen molar-refractivity contribution >= 4 is 58.3 Å². The Morgan fingerprint density at radius 2 is 1.55 bits per heavy atom. The molecule has 0 aliphatic carbocycles. The number of benzene rings is 3. The van der Waals surface area contributed by atoms with Gasteiger partial charge in [-0.1, -0.05) is 59.2 Å². The summed E-state index contributed by atoms with van der Waals surface area (Å²) in [5.74, 6) is -0.815. The van der Waals surface area contributed by atoms with E-state index in [0.29, 0.717) is 28.2 Å². The van der Waals surface area contributed by atoms with Crippen LogP contribution in [0.2, 0.25) is 21.6 Å². The van der Waals surface area contributed by atoms with Gasteiger partial charge in [0.1, 0.15) is 28.6 Å². The molecular weight excluding hydrogens is 713 g/mol. The molecule has 1 aliphatic heterocycles. The number of hydrogen-bond donors (Lipinski definition) is 1. The third-order valence-corrected chi connectivity index (χ3v) is 16.4. The van der Waals surface area contributed by atoms with Crippen LogP contribution < -0.4 is 18.6 Å². The van der Waals surface area contributed by atoms with Crippen LogP contribution in [0, 0.1) is 5.82 Å². The van der Waals surface area contributed by atoms with Crippen LogP contribution in [-0.2, 0) is 23.0 Å². The van der Waals surface area contributed by atoms with Crippen LogP contribution >= 0.6 is 11.6 Å². The van der Waals surface area contributed by atoms with Crippen LogP contribution in [0.25, 0.3) is 10.9 Å². The smallest absolute Gasteiger partial charge is 0.265 e. The average molecular weight is 756 g/mol. The number of halogens is 2. The number of ether oxygens (including phenoxy) is 2. The molecule has 10 nitrogen and oxygen atoms in total. The number of carbonyl (C=O) groups excluding carboxylic acids is 2. The molecule has 1 N–H and O–H groups in total. The number of aromatic nitrogens is 1. The maximum atomic E-state index is 14.6. The summed E-state index contributed by atoms with van der Waals surface area (Å²) in [7, 11) is -3.78. The van der Waals surface area contributed by atoms with Gasteiger partial charge < -0.3 is 13.9 Å². The SMILES string of the molecule is COc1ccc(CN2C(=O)c3c(c(O[Si](C(C)C)(C(C)C)C(C)C)c4ncc(Cc5ccc(F)c(Cl)c5)cc4c3NS(C)(=O)=O)C2=O)c(OC)c1. The van der Waals surface area contributed by atoms with Crippen molar-refractivity contribution in [1.82, 2.24) is 9.88 Å². The molecule has 0 saturated heterocycles. The Bertz CT molecular complexity index is 2120. The molecular formula is C37H43ClFN3O7SSi. The molecule has 0 saturated carbocycles. The van der Waals surface area contributed by atoms with E-state index in [1.165, 1.54) is 26.4 Å². The van der Waals surface area contributed by atoms with Gasteiger partial charge in [0, 0.05) is 23.2 Å². The molecule has 2 amide bonds. The highest BCUT2D eigenvalue weighted by atomic mass is 35.5. The molecule has 0 bridgehead atoms. The zero-order valence-electron chi connectivity index (χ0n) is 30.2. The lowest BCUT2D eigenvalue weighted by atomic mass is 9.98. The molecule has 1 aliphatic rings. The molecule has 0 fully saturated rings. The third-order valence-electron chi connectivity index (χ3n) is 9.56. The Morgan fingerprint density at radius 3 is 2.12 bits per heavy atom. The van der Waals surface area contributed by atoms with Gasteiger partial charge in [0.05, 0.1) is 48.9 Å². The molecule has 4 aromatic rings. The van der Waals surface area contributed by atoms with Crippen molar-refractivity contribution in [2.75, 3.05) is 25.2 Å². The number of fused-ring (bicyclic) bond motifs is 2. The largest absolute Gasteiger partial charge is 0.541 e. The Balaban J connectivity index is 1.81. The zero-order chi connectivity index (χ0) is 37.6. The highest BCUT2D eigenvalue weighted by molar-refractivity contribution is 7.92. The van der Waals surface area contributed by atoms with Crippen molar-refractivity contribution in [2.45, 2.75) is 71.1 Å². The average Bonchev–Trinajstić information content (AvgIpc) is 3.30. The minimum Gasteiger partial charge on any atom is -0.541 e. The quantitative estimate of drug-likeness (QED) is 0.107. The molecule has 0 atom stereocenters. The maximum Gasteiger partial charge on any atom is 0.265 e. The van der Waals surface area contributed by atoms with E-state index in [9.17, 15) is 22.4 Å². The first-order chi connectivity index (χ1) is 23.9. The number of sulfonamides is 1. The Labute approximate surface area is 304 Å². The second-order valence-electron chi connectivity index (χ2n) is 13.8. The zero-order valence-corrected chi connectivity index (χ0v) is 32.8. The van der Waals surface area contributed by atoms with E-state index in [4.69, 9.17) is 30.5 Å². The lowest BCUT2D eigenvalue weighted by Gasteiger charge is -2.42. The number of methoxy groups -OCH3 is 2. The molecule has 14 heteroatoms. The molecule has 2 heterocycles. The van der Waals surface area contributed by atoms with Crippen molar-refractivity contribution in [3.63, 3.8) is 0 Å². The van der Waals surface area contributed by atoms with E-state index >= 15 is 0 Å². The van der Waals surface area contributed by atoms with E-state index in [2.05, 4.69) is 46.3 Å². The molecule has 1 aromatic heterocycles. The second kappa shape index (κ2) is 14.4. The Morgan fingerprint density at radius 1 is 0.902 bits per heavy atom. The first-order valence-electron chi connectivity index (χ1n) is 16.6. The van der Waals surface area contributed by atoms with Gasteiger partial charge in [-0.25, -0.2) is 12.8 Å². The normalized spacial score (nSPS) is 13.5. The fraction of sp³-hybridized carbons (Fsp3) is 0.378. The van der Waals surface area contributed by atoms with E-state index in [1.807, 2.05) is 0 Å². The van der Waals surface area contributed by atoms with Gasteiger partial charge in [-0.15, -0.1) is 0 Å². The molecule has 0 radical (unpaired) electrons. The van der Waals surface area contributed by atoms with E-state index in [0.717, 1.165) is 11.2 Å². The van der Waals surface area contributed by atoms with Crippen molar-refractivity contribution in [3.8, 4) is 17.2 Å². The summed E-state index contributed by atoms with van der Waals surface area (Å²) in [4.78, 5) is 35.0. The predicted molar refractivity (Wildman–Crippen MR) is 200 cm³/mol. The van der Waals surface area contributed by atoms with Gasteiger partial charge >= 0.3 is 0 Å². The molecule has 0 unspecified atom stereocenters. The van der Waals surface area contributed by atoms with Gasteiger partial charge in [-0.2, -0.15) is 0 Å². The number of imide groups is 1. The van der Waals surface area contributed by atoms with Gasteiger partial charge in [0.15, 0.2) is 0 Å². The standard InChI is InChI=1S/C37H43ClFN3O7SSi/c1-20(2)51(21(3)4,22(5)6)49-35-32-31(36(43)42(37(32)44)19-25-11-12-26(47-7)17-30(25)48-8)33(41-50(9,45)46)27-15-24(18-40-34(27)35)14-23-10-13-29(39)28(38)16-23/h10-13,15-18,20-22,41H,14,19H2,1-9H3. The lowest BCUT2D eigenvalue weighted by molar-refractivity contribution is 0.0641. The highest BCUT2D eigenvalue weighted by Crippen LogP contribution is 2.49. The van der Waals surface area contributed by atoms with Gasteiger partial charge in [0.25, 0.3) is 20.1 Å². The van der Waals surface area contributed by atoms with Crippen LogP contribution in [-0.4, -0.2) is 58.9 Å². The topological polar surface area (TPSA) is 124 Å². The Kier molecular flexibility index (Phi) is 10.8. The Hall–Kier alpha value is -4.20. The minimum absolute atomic E-state index is 0.0377. The van der Waals surface area contributed by atoms with Crippen molar-refractivity contribution in [2.24, 2.45) is 0 Å². The fourth-order valence-corrected chi connectivity index (χ4v) is 13.4. The van der Waals surface area contributed by atoms with Gasteiger partial charge in [-0.05, 0) is 64.5 Å². The van der Waals surface area contributed by atoms with Crippen LogP contribution in [0.15, 0.2) is 48.7 Å². The van der Waals surface area contributed by atoms with Crippen LogP contribution in [0.3, 0.4) is 0 Å². The number of carbonyl (C=O) groups is 2. The summed E-state index contributed by atoms with van der Waals surface area (Å²) in [5, 5.41) is 0.244. The van der Waals surface area contributed by atoms with E-state index in [1.54, 1.807) is 36.5 Å². The number of nitrogens with zero attached hydrogens (tertiary/aromatic N) is 2. The summed E-state index contributed by atoms with van der Waals surface area (Å²) < 4.78 is 60.4. The minimum atomic E-state index is -3.98. The molecule has 272 valence electrons. The van der Waals surface area contributed by atoms with E-state index < -0.39 is 36.0 Å². The van der Waals surface area contributed by atoms with Crippen molar-refractivity contribution < 1.29 is 36.3 Å². The summed E-state index contributed by atoms with van der Waals surface area (Å²) >= 11 is 6.06. The van der Waals surface area contributed by atoms with Crippen LogP contribution in [0.5, 0.6) is 17.2 Å². The molecule has 0 spiro atoms. The first-order valence-corrected chi connectivity index (χ1v) is 21.0. The predicted octanol–water partition coefficient (Wildman–Crippen LogP) is 8.36. The third kappa shape index (κ3) is 7.16. The van der Waals surface area contributed by atoms with Crippen molar-refractivity contribution in [3.05, 3.63) is 87.3 Å². The summed E-state index contributed by atoms with van der Waals surface area (Å²) in [6, 6.07) is 11.1. The summed E-state index contributed by atoms with van der Waals surface area (Å²) in [5.41, 5.74) is 2.12. The number of rotatable bonds is 13. The van der Waals surface area contributed by atoms with Gasteiger partial charge in [0.2, 0.25) is 10.0 Å². The number of hydrogen-bond acceptors (Lipinski definition) is 8. The monoisotopic (exact) mass is 755 g/mol. The van der Waals surface area contributed by atoms with Crippen LogP contribution in [0.1, 0.15) is 78.9 Å². The number of amides is 2. The van der Waals surface area contributed by atoms with E-state index in [-0.39, 0.29) is 68.1 Å². The van der Waals surface area contributed by atoms with Crippen molar-refractivity contribution in [1.29, 1.82) is 0 Å².